The van der Waals surface area contributed by atoms with Crippen LogP contribution in [-0.4, -0.2) is 25.5 Å². The predicted octanol–water partition coefficient (Wildman–Crippen LogP) is 3.21. The van der Waals surface area contributed by atoms with Gasteiger partial charge in [-0.3, -0.25) is 9.52 Å². The molecule has 1 aliphatic carbocycles. The van der Waals surface area contributed by atoms with Gasteiger partial charge in [0.15, 0.2) is 0 Å². The molecule has 3 rings (SSSR count). The van der Waals surface area contributed by atoms with E-state index in [1.54, 1.807) is 43.3 Å². The molecule has 7 heteroatoms. The summed E-state index contributed by atoms with van der Waals surface area (Å²) in [5, 5.41) is 12.5. The number of anilines is 1. The second kappa shape index (κ2) is 8.10. The predicted molar refractivity (Wildman–Crippen MR) is 104 cm³/mol. The fraction of sp³-hybridized carbons (Fsp3) is 0.350. The number of rotatable bonds is 6. The third-order valence-corrected chi connectivity index (χ3v) is 6.16. The quantitative estimate of drug-likeness (QED) is 0.708. The molecule has 6 nitrogen and oxygen atoms in total. The first-order chi connectivity index (χ1) is 12.8. The molecule has 0 aliphatic heterocycles. The van der Waals surface area contributed by atoms with Gasteiger partial charge in [-0.1, -0.05) is 25.0 Å². The number of amides is 1. The molecule has 1 atom stereocenters. The number of carbonyl (C=O) groups excluding carboxylic acids is 1. The molecule has 0 spiro atoms. The van der Waals surface area contributed by atoms with Gasteiger partial charge < -0.3 is 10.4 Å². The standard InChI is InChI=1S/C20H24N2O4S/c1-14(23)15-8-12-19(13-9-15)27(25,26)22-18-10-6-16(7-11-18)20(24)21-17-4-2-3-5-17/h6-14,17,22-23H,2-5H2,1H3,(H,21,24)/t14-/m0/s1. The van der Waals surface area contributed by atoms with Crippen molar-refractivity contribution in [3.05, 3.63) is 59.7 Å². The summed E-state index contributed by atoms with van der Waals surface area (Å²) in [5.74, 6) is -0.134. The van der Waals surface area contributed by atoms with Gasteiger partial charge in [0.1, 0.15) is 0 Å². The molecule has 0 heterocycles. The van der Waals surface area contributed by atoms with Crippen LogP contribution in [-0.2, 0) is 10.0 Å². The Labute approximate surface area is 159 Å². The normalized spacial score (nSPS) is 16.1. The van der Waals surface area contributed by atoms with Crippen molar-refractivity contribution in [3.63, 3.8) is 0 Å². The summed E-state index contributed by atoms with van der Waals surface area (Å²) in [5.41, 5.74) is 1.53. The Morgan fingerprint density at radius 3 is 2.19 bits per heavy atom. The topological polar surface area (TPSA) is 95.5 Å². The molecule has 2 aromatic rings. The Balaban J connectivity index is 1.66. The molecule has 0 saturated heterocycles. The lowest BCUT2D eigenvalue weighted by Gasteiger charge is -2.13. The van der Waals surface area contributed by atoms with Crippen LogP contribution in [0.4, 0.5) is 5.69 Å². The maximum absolute atomic E-state index is 12.5. The van der Waals surface area contributed by atoms with Crippen molar-refractivity contribution in [2.75, 3.05) is 4.72 Å². The summed E-state index contributed by atoms with van der Waals surface area (Å²) >= 11 is 0. The zero-order chi connectivity index (χ0) is 19.4. The van der Waals surface area contributed by atoms with E-state index in [1.165, 1.54) is 12.1 Å². The molecule has 2 aromatic carbocycles. The Hall–Kier alpha value is -2.38. The van der Waals surface area contributed by atoms with E-state index in [0.29, 0.717) is 16.8 Å². The van der Waals surface area contributed by atoms with Gasteiger partial charge >= 0.3 is 0 Å². The average molecular weight is 388 g/mol. The van der Waals surface area contributed by atoms with Crippen LogP contribution in [0.25, 0.3) is 0 Å². The first-order valence-corrected chi connectivity index (χ1v) is 10.6. The summed E-state index contributed by atoms with van der Waals surface area (Å²) in [4.78, 5) is 12.3. The van der Waals surface area contributed by atoms with Gasteiger partial charge in [0.05, 0.1) is 11.0 Å². The van der Waals surface area contributed by atoms with Crippen molar-refractivity contribution < 1.29 is 18.3 Å². The highest BCUT2D eigenvalue weighted by Crippen LogP contribution is 2.21. The highest BCUT2D eigenvalue weighted by Gasteiger charge is 2.18. The first kappa shape index (κ1) is 19.4. The number of hydrogen-bond acceptors (Lipinski definition) is 4. The summed E-state index contributed by atoms with van der Waals surface area (Å²) in [7, 11) is -3.74. The molecule has 0 bridgehead atoms. The van der Waals surface area contributed by atoms with Crippen molar-refractivity contribution in [2.24, 2.45) is 0 Å². The Kier molecular flexibility index (Phi) is 5.82. The molecule has 1 saturated carbocycles. The van der Waals surface area contributed by atoms with Crippen LogP contribution in [0.15, 0.2) is 53.4 Å². The number of benzene rings is 2. The fourth-order valence-electron chi connectivity index (χ4n) is 3.17. The van der Waals surface area contributed by atoms with E-state index in [1.807, 2.05) is 0 Å². The van der Waals surface area contributed by atoms with Crippen molar-refractivity contribution >= 4 is 21.6 Å². The third-order valence-electron chi connectivity index (χ3n) is 4.76. The largest absolute Gasteiger partial charge is 0.389 e. The number of aliphatic hydroxyl groups excluding tert-OH is 1. The van der Waals surface area contributed by atoms with Crippen molar-refractivity contribution in [2.45, 2.75) is 49.6 Å². The zero-order valence-electron chi connectivity index (χ0n) is 15.2. The molecule has 0 unspecified atom stereocenters. The van der Waals surface area contributed by atoms with Gasteiger partial charge in [0.2, 0.25) is 0 Å². The van der Waals surface area contributed by atoms with Gasteiger partial charge in [0, 0.05) is 17.3 Å². The van der Waals surface area contributed by atoms with Crippen LogP contribution in [0.5, 0.6) is 0 Å². The molecule has 144 valence electrons. The zero-order valence-corrected chi connectivity index (χ0v) is 16.0. The van der Waals surface area contributed by atoms with Crippen molar-refractivity contribution in [1.29, 1.82) is 0 Å². The Morgan fingerprint density at radius 2 is 1.63 bits per heavy atom. The third kappa shape index (κ3) is 4.87. The van der Waals surface area contributed by atoms with E-state index < -0.39 is 16.1 Å². The van der Waals surface area contributed by atoms with Gasteiger partial charge in [-0.25, -0.2) is 8.42 Å². The molecule has 1 aliphatic rings. The van der Waals surface area contributed by atoms with Gasteiger partial charge in [-0.05, 0) is 61.7 Å². The molecular formula is C20H24N2O4S. The summed E-state index contributed by atoms with van der Waals surface area (Å²) < 4.78 is 27.5. The van der Waals surface area contributed by atoms with Crippen molar-refractivity contribution in [3.8, 4) is 0 Å². The summed E-state index contributed by atoms with van der Waals surface area (Å²) in [6.45, 7) is 1.62. The minimum Gasteiger partial charge on any atom is -0.389 e. The second-order valence-corrected chi connectivity index (χ2v) is 8.57. The minimum absolute atomic E-state index is 0.106. The second-order valence-electron chi connectivity index (χ2n) is 6.88. The molecule has 3 N–H and O–H groups in total. The van der Waals surface area contributed by atoms with Crippen molar-refractivity contribution in [1.82, 2.24) is 5.32 Å². The number of hydrogen-bond donors (Lipinski definition) is 3. The highest BCUT2D eigenvalue weighted by atomic mass is 32.2. The maximum Gasteiger partial charge on any atom is 0.261 e. The lowest BCUT2D eigenvalue weighted by molar-refractivity contribution is 0.0938. The Morgan fingerprint density at radius 1 is 1.04 bits per heavy atom. The average Bonchev–Trinajstić information content (AvgIpc) is 3.15. The molecule has 27 heavy (non-hydrogen) atoms. The van der Waals surface area contributed by atoms with E-state index in [4.69, 9.17) is 0 Å². The molecule has 1 fully saturated rings. The molecule has 0 radical (unpaired) electrons. The van der Waals surface area contributed by atoms with Crippen LogP contribution < -0.4 is 10.0 Å². The van der Waals surface area contributed by atoms with Crippen LogP contribution in [0.3, 0.4) is 0 Å². The smallest absolute Gasteiger partial charge is 0.261 e. The lowest BCUT2D eigenvalue weighted by atomic mass is 10.1. The first-order valence-electron chi connectivity index (χ1n) is 9.07. The number of sulfonamides is 1. The molecular weight excluding hydrogens is 364 g/mol. The van der Waals surface area contributed by atoms with E-state index in [-0.39, 0.29) is 16.8 Å². The van der Waals surface area contributed by atoms with Crippen LogP contribution in [0, 0.1) is 0 Å². The number of carbonyl (C=O) groups is 1. The van der Waals surface area contributed by atoms with E-state index in [9.17, 15) is 18.3 Å². The van der Waals surface area contributed by atoms with E-state index in [2.05, 4.69) is 10.0 Å². The lowest BCUT2D eigenvalue weighted by Crippen LogP contribution is -2.32. The van der Waals surface area contributed by atoms with E-state index >= 15 is 0 Å². The number of nitrogens with one attached hydrogen (secondary N) is 2. The monoisotopic (exact) mass is 388 g/mol. The van der Waals surface area contributed by atoms with Gasteiger partial charge in [-0.2, -0.15) is 0 Å². The Bertz CT molecular complexity index is 885. The summed E-state index contributed by atoms with van der Waals surface area (Å²) in [6, 6.07) is 12.7. The van der Waals surface area contributed by atoms with Crippen LogP contribution in [0.2, 0.25) is 0 Å². The fourth-order valence-corrected chi connectivity index (χ4v) is 4.23. The maximum atomic E-state index is 12.5. The minimum atomic E-state index is -3.74. The molecule has 1 amide bonds. The highest BCUT2D eigenvalue weighted by molar-refractivity contribution is 7.92. The van der Waals surface area contributed by atoms with Crippen LogP contribution >= 0.6 is 0 Å². The van der Waals surface area contributed by atoms with Crippen LogP contribution in [0.1, 0.15) is 54.6 Å². The SMILES string of the molecule is C[C@H](O)c1ccc(S(=O)(=O)Nc2ccc(C(=O)NC3CCCC3)cc2)cc1. The van der Waals surface area contributed by atoms with Gasteiger partial charge in [0.25, 0.3) is 15.9 Å². The van der Waals surface area contributed by atoms with E-state index in [0.717, 1.165) is 25.7 Å². The number of aliphatic hydroxyl groups is 1. The summed E-state index contributed by atoms with van der Waals surface area (Å²) in [6.07, 6.45) is 3.65. The molecule has 0 aromatic heterocycles. The van der Waals surface area contributed by atoms with Gasteiger partial charge in [-0.15, -0.1) is 0 Å².